The molecule has 2 aromatic rings. The number of hydrogen-bond acceptors (Lipinski definition) is 5. The number of nitrogens with one attached hydrogen (secondary N) is 1. The predicted octanol–water partition coefficient (Wildman–Crippen LogP) is 1.80. The van der Waals surface area contributed by atoms with Gasteiger partial charge in [0.15, 0.2) is 11.5 Å². The lowest BCUT2D eigenvalue weighted by molar-refractivity contribution is 0.172. The Hall–Kier alpha value is -2.01. The molecular formula is C16H19N3O2. The number of ether oxygens (including phenoxy) is 2. The molecule has 5 heteroatoms. The zero-order chi connectivity index (χ0) is 14.2. The van der Waals surface area contributed by atoms with Crippen LogP contribution in [0.3, 0.4) is 0 Å². The topological polar surface area (TPSA) is 46.6 Å². The van der Waals surface area contributed by atoms with Gasteiger partial charge in [0.25, 0.3) is 0 Å². The molecule has 5 nitrogen and oxygen atoms in total. The summed E-state index contributed by atoms with van der Waals surface area (Å²) in [4.78, 5) is 6.96. The van der Waals surface area contributed by atoms with E-state index in [2.05, 4.69) is 34.3 Å². The molecule has 0 amide bonds. The van der Waals surface area contributed by atoms with Crippen LogP contribution in [0.5, 0.6) is 11.5 Å². The van der Waals surface area contributed by atoms with Crippen molar-refractivity contribution in [2.24, 2.45) is 0 Å². The summed E-state index contributed by atoms with van der Waals surface area (Å²) in [7, 11) is 0. The van der Waals surface area contributed by atoms with E-state index >= 15 is 0 Å². The van der Waals surface area contributed by atoms with Crippen LogP contribution in [-0.4, -0.2) is 43.9 Å². The highest BCUT2D eigenvalue weighted by molar-refractivity contribution is 5.94. The van der Waals surface area contributed by atoms with Gasteiger partial charge in [-0.25, -0.2) is 4.98 Å². The first-order valence-electron chi connectivity index (χ1n) is 7.48. The Balaban J connectivity index is 1.81. The van der Waals surface area contributed by atoms with Gasteiger partial charge in [-0.3, -0.25) is 0 Å². The molecule has 0 bridgehead atoms. The number of fused-ring (bicyclic) bond motifs is 2. The molecule has 2 aliphatic rings. The standard InChI is InChI=1S/C16H19N3O2/c1-11-10-19(5-4-17-11)16-13-9-15-14(20-6-7-21-15)8-12(13)2-3-18-16/h2-3,8-9,11,17H,4-7,10H2,1H3/t11-/m0/s1. The van der Waals surface area contributed by atoms with Gasteiger partial charge >= 0.3 is 0 Å². The Labute approximate surface area is 123 Å². The van der Waals surface area contributed by atoms with E-state index in [9.17, 15) is 0 Å². The molecule has 1 N–H and O–H groups in total. The molecule has 1 atom stereocenters. The minimum Gasteiger partial charge on any atom is -0.486 e. The SMILES string of the molecule is C[C@H]1CN(c2nccc3cc4c(cc23)OCCO4)CCN1. The molecule has 0 saturated carbocycles. The van der Waals surface area contributed by atoms with Crippen LogP contribution >= 0.6 is 0 Å². The lowest BCUT2D eigenvalue weighted by Crippen LogP contribution is -2.49. The van der Waals surface area contributed by atoms with Crippen molar-refractivity contribution in [3.8, 4) is 11.5 Å². The van der Waals surface area contributed by atoms with Crippen LogP contribution in [0.15, 0.2) is 24.4 Å². The normalized spacial score (nSPS) is 21.6. The second kappa shape index (κ2) is 5.07. The Bertz CT molecular complexity index is 674. The van der Waals surface area contributed by atoms with Crippen molar-refractivity contribution < 1.29 is 9.47 Å². The minimum absolute atomic E-state index is 0.480. The largest absolute Gasteiger partial charge is 0.486 e. The van der Waals surface area contributed by atoms with E-state index in [1.165, 1.54) is 0 Å². The summed E-state index contributed by atoms with van der Waals surface area (Å²) in [6.45, 7) is 6.37. The third kappa shape index (κ3) is 2.27. The fourth-order valence-electron chi connectivity index (χ4n) is 3.07. The van der Waals surface area contributed by atoms with E-state index < -0.39 is 0 Å². The van der Waals surface area contributed by atoms with Crippen LogP contribution in [-0.2, 0) is 0 Å². The highest BCUT2D eigenvalue weighted by Crippen LogP contribution is 2.37. The van der Waals surface area contributed by atoms with E-state index in [-0.39, 0.29) is 0 Å². The minimum atomic E-state index is 0.480. The van der Waals surface area contributed by atoms with Gasteiger partial charge in [0, 0.05) is 37.3 Å². The van der Waals surface area contributed by atoms with Crippen molar-refractivity contribution in [1.82, 2.24) is 10.3 Å². The third-order valence-corrected chi connectivity index (χ3v) is 4.07. The Morgan fingerprint density at radius 1 is 1.24 bits per heavy atom. The smallest absolute Gasteiger partial charge is 0.162 e. The first-order chi connectivity index (χ1) is 10.3. The van der Waals surface area contributed by atoms with Crippen molar-refractivity contribution in [3.05, 3.63) is 24.4 Å². The molecular weight excluding hydrogens is 266 g/mol. The first-order valence-corrected chi connectivity index (χ1v) is 7.48. The summed E-state index contributed by atoms with van der Waals surface area (Å²) < 4.78 is 11.4. The molecule has 110 valence electrons. The zero-order valence-electron chi connectivity index (χ0n) is 12.1. The Kier molecular flexibility index (Phi) is 3.07. The Morgan fingerprint density at radius 3 is 2.86 bits per heavy atom. The molecule has 1 saturated heterocycles. The number of hydrogen-bond donors (Lipinski definition) is 1. The van der Waals surface area contributed by atoms with E-state index in [4.69, 9.17) is 9.47 Å². The lowest BCUT2D eigenvalue weighted by atomic mass is 10.1. The van der Waals surface area contributed by atoms with Crippen LogP contribution < -0.4 is 19.7 Å². The van der Waals surface area contributed by atoms with Crippen LogP contribution in [0, 0.1) is 0 Å². The quantitative estimate of drug-likeness (QED) is 0.866. The van der Waals surface area contributed by atoms with E-state index in [0.717, 1.165) is 47.7 Å². The van der Waals surface area contributed by atoms with Crippen LogP contribution in [0.1, 0.15) is 6.92 Å². The molecule has 0 aliphatic carbocycles. The van der Waals surface area contributed by atoms with Gasteiger partial charge in [-0.15, -0.1) is 0 Å². The summed E-state index contributed by atoms with van der Waals surface area (Å²) in [5, 5.41) is 5.75. The summed E-state index contributed by atoms with van der Waals surface area (Å²) in [6, 6.07) is 6.63. The lowest BCUT2D eigenvalue weighted by Gasteiger charge is -2.33. The highest BCUT2D eigenvalue weighted by atomic mass is 16.6. The van der Waals surface area contributed by atoms with Gasteiger partial charge in [-0.2, -0.15) is 0 Å². The number of benzene rings is 1. The molecule has 0 spiro atoms. The maximum atomic E-state index is 5.71. The second-order valence-corrected chi connectivity index (χ2v) is 5.65. The predicted molar refractivity (Wildman–Crippen MR) is 82.4 cm³/mol. The summed E-state index contributed by atoms with van der Waals surface area (Å²) >= 11 is 0. The third-order valence-electron chi connectivity index (χ3n) is 4.07. The number of pyridine rings is 1. The van der Waals surface area contributed by atoms with Gasteiger partial charge in [0.05, 0.1) is 0 Å². The fourth-order valence-corrected chi connectivity index (χ4v) is 3.07. The number of anilines is 1. The molecule has 2 aliphatic heterocycles. The molecule has 4 rings (SSSR count). The molecule has 1 aromatic carbocycles. The van der Waals surface area contributed by atoms with E-state index in [1.807, 2.05) is 12.3 Å². The van der Waals surface area contributed by atoms with E-state index in [1.54, 1.807) is 0 Å². The van der Waals surface area contributed by atoms with Gasteiger partial charge in [-0.1, -0.05) is 0 Å². The van der Waals surface area contributed by atoms with Crippen molar-refractivity contribution in [2.45, 2.75) is 13.0 Å². The van der Waals surface area contributed by atoms with Crippen LogP contribution in [0.2, 0.25) is 0 Å². The second-order valence-electron chi connectivity index (χ2n) is 5.65. The van der Waals surface area contributed by atoms with Crippen LogP contribution in [0.4, 0.5) is 5.82 Å². The van der Waals surface area contributed by atoms with Crippen molar-refractivity contribution in [1.29, 1.82) is 0 Å². The number of aromatic nitrogens is 1. The summed E-state index contributed by atoms with van der Waals surface area (Å²) in [5.74, 6) is 2.70. The fraction of sp³-hybridized carbons (Fsp3) is 0.438. The average Bonchev–Trinajstić information content (AvgIpc) is 2.52. The van der Waals surface area contributed by atoms with Crippen molar-refractivity contribution >= 4 is 16.6 Å². The van der Waals surface area contributed by atoms with Crippen LogP contribution in [0.25, 0.3) is 10.8 Å². The summed E-state index contributed by atoms with van der Waals surface area (Å²) in [5.41, 5.74) is 0. The van der Waals surface area contributed by atoms with Gasteiger partial charge in [0.1, 0.15) is 19.0 Å². The maximum Gasteiger partial charge on any atom is 0.162 e. The average molecular weight is 285 g/mol. The number of piperazine rings is 1. The van der Waals surface area contributed by atoms with Gasteiger partial charge in [0.2, 0.25) is 0 Å². The molecule has 3 heterocycles. The Morgan fingerprint density at radius 2 is 2.05 bits per heavy atom. The molecule has 21 heavy (non-hydrogen) atoms. The van der Waals surface area contributed by atoms with Crippen molar-refractivity contribution in [3.63, 3.8) is 0 Å². The monoisotopic (exact) mass is 285 g/mol. The molecule has 1 aromatic heterocycles. The van der Waals surface area contributed by atoms with Gasteiger partial charge in [-0.05, 0) is 30.5 Å². The zero-order valence-corrected chi connectivity index (χ0v) is 12.1. The highest BCUT2D eigenvalue weighted by Gasteiger charge is 2.20. The first kappa shape index (κ1) is 12.7. The molecule has 0 radical (unpaired) electrons. The van der Waals surface area contributed by atoms with Gasteiger partial charge < -0.3 is 19.7 Å². The molecule has 1 fully saturated rings. The number of rotatable bonds is 1. The maximum absolute atomic E-state index is 5.71. The van der Waals surface area contributed by atoms with Crippen molar-refractivity contribution in [2.75, 3.05) is 37.7 Å². The molecule has 0 unspecified atom stereocenters. The van der Waals surface area contributed by atoms with E-state index in [0.29, 0.717) is 19.3 Å². The number of nitrogens with zero attached hydrogens (tertiary/aromatic N) is 2. The summed E-state index contributed by atoms with van der Waals surface area (Å²) in [6.07, 6.45) is 1.88.